The second-order valence-electron chi connectivity index (χ2n) is 4.53. The number of amides is 1. The van der Waals surface area contributed by atoms with Crippen LogP contribution in [0.2, 0.25) is 10.0 Å². The van der Waals surface area contributed by atoms with Crippen molar-refractivity contribution in [2.45, 2.75) is 0 Å². The molecule has 0 saturated carbocycles. The van der Waals surface area contributed by atoms with Crippen LogP contribution in [0.4, 0.5) is 5.69 Å². The normalized spacial score (nSPS) is 10.8. The Hall–Kier alpha value is -2.48. The minimum atomic E-state index is -0.521. The van der Waals surface area contributed by atoms with Crippen LogP contribution < -0.4 is 10.1 Å². The van der Waals surface area contributed by atoms with Gasteiger partial charge < -0.3 is 10.1 Å². The number of hydrogen-bond acceptors (Lipinski definition) is 3. The zero-order chi connectivity index (χ0) is 16.8. The van der Waals surface area contributed by atoms with E-state index in [2.05, 4.69) is 5.32 Å². The molecule has 0 aliphatic heterocycles. The van der Waals surface area contributed by atoms with E-state index in [9.17, 15) is 10.1 Å². The van der Waals surface area contributed by atoms with Crippen LogP contribution in [0.1, 0.15) is 5.56 Å². The van der Waals surface area contributed by atoms with Gasteiger partial charge in [0.15, 0.2) is 0 Å². The highest BCUT2D eigenvalue weighted by atomic mass is 35.5. The molecule has 0 spiro atoms. The summed E-state index contributed by atoms with van der Waals surface area (Å²) >= 11 is 11.8. The van der Waals surface area contributed by atoms with Gasteiger partial charge in [-0.05, 0) is 35.9 Å². The zero-order valence-corrected chi connectivity index (χ0v) is 13.7. The van der Waals surface area contributed by atoms with Gasteiger partial charge in [0.05, 0.1) is 17.2 Å². The molecule has 2 aromatic carbocycles. The lowest BCUT2D eigenvalue weighted by molar-refractivity contribution is -0.112. The predicted octanol–water partition coefficient (Wildman–Crippen LogP) is 4.55. The second kappa shape index (κ2) is 7.68. The number of ether oxygens (including phenoxy) is 1. The molecule has 0 saturated heterocycles. The fourth-order valence-electron chi connectivity index (χ4n) is 1.82. The van der Waals surface area contributed by atoms with Gasteiger partial charge in [-0.1, -0.05) is 35.3 Å². The summed E-state index contributed by atoms with van der Waals surface area (Å²) in [5, 5.41) is 12.6. The molecule has 0 aliphatic carbocycles. The highest BCUT2D eigenvalue weighted by molar-refractivity contribution is 6.42. The monoisotopic (exact) mass is 346 g/mol. The lowest BCUT2D eigenvalue weighted by Gasteiger charge is -2.06. The van der Waals surface area contributed by atoms with E-state index in [-0.39, 0.29) is 5.57 Å². The lowest BCUT2D eigenvalue weighted by atomic mass is 10.1. The Morgan fingerprint density at radius 1 is 1.22 bits per heavy atom. The molecule has 1 amide bonds. The Labute approximate surface area is 143 Å². The van der Waals surface area contributed by atoms with Crippen molar-refractivity contribution in [2.24, 2.45) is 0 Å². The molecule has 0 unspecified atom stereocenters. The van der Waals surface area contributed by atoms with Gasteiger partial charge >= 0.3 is 0 Å². The molecular formula is C17H12Cl2N2O2. The summed E-state index contributed by atoms with van der Waals surface area (Å²) in [5.41, 5.74) is 1.09. The molecule has 1 N–H and O–H groups in total. The number of nitrogens with zero attached hydrogens (tertiary/aromatic N) is 1. The van der Waals surface area contributed by atoms with E-state index in [1.807, 2.05) is 6.07 Å². The molecule has 116 valence electrons. The summed E-state index contributed by atoms with van der Waals surface area (Å²) in [5.74, 6) is 0.0848. The van der Waals surface area contributed by atoms with Crippen LogP contribution in [-0.2, 0) is 4.79 Å². The van der Waals surface area contributed by atoms with Crippen molar-refractivity contribution < 1.29 is 9.53 Å². The third-order valence-electron chi connectivity index (χ3n) is 2.95. The van der Waals surface area contributed by atoms with Crippen molar-refractivity contribution in [3.63, 3.8) is 0 Å². The summed E-state index contributed by atoms with van der Waals surface area (Å²) in [6, 6.07) is 13.6. The SMILES string of the molecule is COc1cccc(NC(=O)/C(C#N)=C\c2ccc(Cl)c(Cl)c2)c1. The Morgan fingerprint density at radius 2 is 2.00 bits per heavy atom. The van der Waals surface area contributed by atoms with E-state index in [4.69, 9.17) is 27.9 Å². The average molecular weight is 347 g/mol. The predicted molar refractivity (Wildman–Crippen MR) is 91.7 cm³/mol. The number of carbonyl (C=O) groups excluding carboxylic acids is 1. The third kappa shape index (κ3) is 4.49. The second-order valence-corrected chi connectivity index (χ2v) is 5.34. The Kier molecular flexibility index (Phi) is 5.64. The Morgan fingerprint density at radius 3 is 2.65 bits per heavy atom. The van der Waals surface area contributed by atoms with Crippen molar-refractivity contribution in [1.82, 2.24) is 0 Å². The fourth-order valence-corrected chi connectivity index (χ4v) is 2.12. The highest BCUT2D eigenvalue weighted by Crippen LogP contribution is 2.24. The molecule has 0 aromatic heterocycles. The van der Waals surface area contributed by atoms with Crippen LogP contribution in [0.5, 0.6) is 5.75 Å². The van der Waals surface area contributed by atoms with Crippen molar-refractivity contribution in [1.29, 1.82) is 5.26 Å². The van der Waals surface area contributed by atoms with Crippen molar-refractivity contribution in [3.05, 3.63) is 63.6 Å². The standard InChI is InChI=1S/C17H12Cl2N2O2/c1-23-14-4-2-3-13(9-14)21-17(22)12(10-20)7-11-5-6-15(18)16(19)8-11/h2-9H,1H3,(H,21,22)/b12-7-. The summed E-state index contributed by atoms with van der Waals surface area (Å²) in [4.78, 5) is 12.2. The molecule has 23 heavy (non-hydrogen) atoms. The van der Waals surface area contributed by atoms with Gasteiger partial charge in [-0.2, -0.15) is 5.26 Å². The Bertz CT molecular complexity index is 810. The van der Waals surface area contributed by atoms with Crippen molar-refractivity contribution >= 4 is 40.9 Å². The number of methoxy groups -OCH3 is 1. The number of hydrogen-bond donors (Lipinski definition) is 1. The first-order chi connectivity index (χ1) is 11.0. The molecular weight excluding hydrogens is 335 g/mol. The largest absolute Gasteiger partial charge is 0.497 e. The minimum absolute atomic E-state index is 0.0498. The van der Waals surface area contributed by atoms with Crippen molar-refractivity contribution in [2.75, 3.05) is 12.4 Å². The minimum Gasteiger partial charge on any atom is -0.497 e. The maximum Gasteiger partial charge on any atom is 0.266 e. The average Bonchev–Trinajstić information content (AvgIpc) is 2.55. The van der Waals surface area contributed by atoms with E-state index in [1.54, 1.807) is 42.5 Å². The van der Waals surface area contributed by atoms with Crippen molar-refractivity contribution in [3.8, 4) is 11.8 Å². The van der Waals surface area contributed by atoms with Crippen LogP contribution in [0.3, 0.4) is 0 Å². The molecule has 0 fully saturated rings. The number of halogens is 2. The number of benzene rings is 2. The maximum absolute atomic E-state index is 12.2. The van der Waals surface area contributed by atoms with E-state index in [0.717, 1.165) is 0 Å². The lowest BCUT2D eigenvalue weighted by Crippen LogP contribution is -2.13. The molecule has 2 rings (SSSR count). The molecule has 0 aliphatic rings. The van der Waals surface area contributed by atoms with E-state index >= 15 is 0 Å². The number of carbonyl (C=O) groups is 1. The Balaban J connectivity index is 2.22. The molecule has 4 nitrogen and oxygen atoms in total. The smallest absolute Gasteiger partial charge is 0.266 e. The third-order valence-corrected chi connectivity index (χ3v) is 3.69. The van der Waals surface area contributed by atoms with Gasteiger partial charge in [-0.15, -0.1) is 0 Å². The first kappa shape index (κ1) is 16.9. The van der Waals surface area contributed by atoms with E-state index < -0.39 is 5.91 Å². The molecule has 0 atom stereocenters. The van der Waals surface area contributed by atoms with Crippen LogP contribution in [-0.4, -0.2) is 13.0 Å². The summed E-state index contributed by atoms with van der Waals surface area (Å²) in [6.07, 6.45) is 1.44. The number of nitrogens with one attached hydrogen (secondary N) is 1. The molecule has 0 radical (unpaired) electrons. The summed E-state index contributed by atoms with van der Waals surface area (Å²) in [7, 11) is 1.53. The first-order valence-electron chi connectivity index (χ1n) is 6.55. The fraction of sp³-hybridized carbons (Fsp3) is 0.0588. The van der Waals surface area contributed by atoms with Crippen LogP contribution >= 0.6 is 23.2 Å². The molecule has 0 bridgehead atoms. The van der Waals surface area contributed by atoms with E-state index in [0.29, 0.717) is 27.0 Å². The number of rotatable bonds is 4. The van der Waals surface area contributed by atoms with Gasteiger partial charge in [0.25, 0.3) is 5.91 Å². The summed E-state index contributed by atoms with van der Waals surface area (Å²) < 4.78 is 5.09. The first-order valence-corrected chi connectivity index (χ1v) is 7.31. The van der Waals surface area contributed by atoms with Crippen LogP contribution in [0.15, 0.2) is 48.0 Å². The topological polar surface area (TPSA) is 62.1 Å². The number of nitriles is 1. The van der Waals surface area contributed by atoms with Gasteiger partial charge in [0, 0.05) is 11.8 Å². The quantitative estimate of drug-likeness (QED) is 0.652. The molecule has 2 aromatic rings. The van der Waals surface area contributed by atoms with Gasteiger partial charge in [0.1, 0.15) is 17.4 Å². The summed E-state index contributed by atoms with van der Waals surface area (Å²) in [6.45, 7) is 0. The van der Waals surface area contributed by atoms with Crippen LogP contribution in [0.25, 0.3) is 6.08 Å². The molecule has 0 heterocycles. The zero-order valence-electron chi connectivity index (χ0n) is 12.1. The highest BCUT2D eigenvalue weighted by Gasteiger charge is 2.10. The van der Waals surface area contributed by atoms with Gasteiger partial charge in [-0.3, -0.25) is 4.79 Å². The molecule has 6 heteroatoms. The van der Waals surface area contributed by atoms with Crippen LogP contribution in [0, 0.1) is 11.3 Å². The number of anilines is 1. The van der Waals surface area contributed by atoms with E-state index in [1.165, 1.54) is 13.2 Å². The van der Waals surface area contributed by atoms with Gasteiger partial charge in [0.2, 0.25) is 0 Å². The maximum atomic E-state index is 12.2. The van der Waals surface area contributed by atoms with Gasteiger partial charge in [-0.25, -0.2) is 0 Å².